The fourth-order valence-corrected chi connectivity index (χ4v) is 5.33. The molecule has 0 bridgehead atoms. The molecule has 0 fully saturated rings. The average Bonchev–Trinajstić information content (AvgIpc) is 3.35. The second-order valence-electron chi connectivity index (χ2n) is 8.38. The van der Waals surface area contributed by atoms with Gasteiger partial charge in [-0.25, -0.2) is 4.79 Å². The van der Waals surface area contributed by atoms with Gasteiger partial charge in [0.1, 0.15) is 6.54 Å². The summed E-state index contributed by atoms with van der Waals surface area (Å²) in [7, 11) is 0. The third-order valence-electron chi connectivity index (χ3n) is 5.77. The number of carbonyl (C=O) groups excluding carboxylic acids is 2. The van der Waals surface area contributed by atoms with Gasteiger partial charge in [-0.2, -0.15) is 0 Å². The zero-order chi connectivity index (χ0) is 24.2. The van der Waals surface area contributed by atoms with Crippen LogP contribution in [0, 0.1) is 0 Å². The van der Waals surface area contributed by atoms with Gasteiger partial charge >= 0.3 is 5.97 Å². The maximum Gasteiger partial charge on any atom is 0.335 e. The molecule has 0 saturated heterocycles. The van der Waals surface area contributed by atoms with Crippen LogP contribution in [-0.4, -0.2) is 41.7 Å². The molecule has 0 unspecified atom stereocenters. The van der Waals surface area contributed by atoms with Crippen LogP contribution in [0.4, 0.5) is 11.4 Å². The lowest BCUT2D eigenvalue weighted by atomic mass is 10.0. The summed E-state index contributed by atoms with van der Waals surface area (Å²) in [4.78, 5) is 43.0. The van der Waals surface area contributed by atoms with Crippen molar-refractivity contribution in [1.29, 1.82) is 0 Å². The van der Waals surface area contributed by atoms with Crippen LogP contribution in [0.1, 0.15) is 40.6 Å². The number of rotatable bonds is 8. The van der Waals surface area contributed by atoms with Crippen LogP contribution in [0.25, 0.3) is 0 Å². The Labute approximate surface area is 207 Å². The second-order valence-corrected chi connectivity index (χ2v) is 10.5. The highest BCUT2D eigenvalue weighted by Gasteiger charge is 2.33. The molecular formula is C26H26N2O4S2. The molecule has 1 aliphatic rings. The number of hydrogen-bond donors (Lipinski definition) is 1. The summed E-state index contributed by atoms with van der Waals surface area (Å²) in [5.74, 6) is -0.889. The molecule has 0 atom stereocenters. The molecule has 2 aromatic carbocycles. The van der Waals surface area contributed by atoms with Gasteiger partial charge in [-0.05, 0) is 59.7 Å². The third-order valence-corrected chi connectivity index (χ3v) is 7.70. The molecule has 2 amide bonds. The molecule has 0 spiro atoms. The van der Waals surface area contributed by atoms with E-state index in [-0.39, 0.29) is 29.7 Å². The lowest BCUT2D eigenvalue weighted by Gasteiger charge is -2.36. The first-order valence-electron chi connectivity index (χ1n) is 11.1. The number of amides is 2. The normalized spacial score (nSPS) is 13.3. The molecule has 6 nitrogen and oxygen atoms in total. The van der Waals surface area contributed by atoms with E-state index >= 15 is 0 Å². The van der Waals surface area contributed by atoms with Gasteiger partial charge < -0.3 is 14.9 Å². The predicted molar refractivity (Wildman–Crippen MR) is 137 cm³/mol. The van der Waals surface area contributed by atoms with Gasteiger partial charge in [0.25, 0.3) is 0 Å². The number of carboxylic acids is 1. The number of anilines is 2. The van der Waals surface area contributed by atoms with Crippen LogP contribution in [-0.2, 0) is 16.0 Å². The number of hydrogen-bond acceptors (Lipinski definition) is 5. The van der Waals surface area contributed by atoms with Gasteiger partial charge in [0.2, 0.25) is 11.8 Å². The van der Waals surface area contributed by atoms with E-state index in [2.05, 4.69) is 26.0 Å². The Bertz CT molecular complexity index is 1190. The summed E-state index contributed by atoms with van der Waals surface area (Å²) in [6.07, 6.45) is 0.694. The van der Waals surface area contributed by atoms with E-state index < -0.39 is 5.97 Å². The SMILES string of the molecule is CC(C)c1ccc(SCC(=O)N2CC(=O)N(CCc3cccs3)c3ccc(C(=O)O)cc32)cc1. The van der Waals surface area contributed by atoms with E-state index in [0.29, 0.717) is 30.3 Å². The summed E-state index contributed by atoms with van der Waals surface area (Å²) in [6.45, 7) is 4.63. The average molecular weight is 495 g/mol. The van der Waals surface area contributed by atoms with Crippen LogP contribution in [0.3, 0.4) is 0 Å². The Morgan fingerprint density at radius 3 is 2.50 bits per heavy atom. The number of thiophene rings is 1. The molecule has 0 saturated carbocycles. The van der Waals surface area contributed by atoms with Crippen molar-refractivity contribution in [1.82, 2.24) is 0 Å². The van der Waals surface area contributed by atoms with E-state index in [0.717, 1.165) is 9.77 Å². The van der Waals surface area contributed by atoms with Crippen molar-refractivity contribution < 1.29 is 19.5 Å². The van der Waals surface area contributed by atoms with Crippen molar-refractivity contribution in [2.24, 2.45) is 0 Å². The van der Waals surface area contributed by atoms with Crippen molar-refractivity contribution in [3.63, 3.8) is 0 Å². The van der Waals surface area contributed by atoms with Crippen LogP contribution in [0.5, 0.6) is 0 Å². The van der Waals surface area contributed by atoms with Gasteiger partial charge in [-0.1, -0.05) is 32.0 Å². The summed E-state index contributed by atoms with van der Waals surface area (Å²) in [5.41, 5.74) is 2.35. The lowest BCUT2D eigenvalue weighted by Crippen LogP contribution is -2.49. The number of aromatic carboxylic acids is 1. The number of fused-ring (bicyclic) bond motifs is 1. The van der Waals surface area contributed by atoms with Crippen LogP contribution in [0.2, 0.25) is 0 Å². The fraction of sp³-hybridized carbons (Fsp3) is 0.269. The van der Waals surface area contributed by atoms with E-state index in [1.807, 2.05) is 29.6 Å². The number of carboxylic acid groups (broad SMARTS) is 1. The Morgan fingerprint density at radius 1 is 1.09 bits per heavy atom. The quantitative estimate of drug-likeness (QED) is 0.431. The van der Waals surface area contributed by atoms with Crippen LogP contribution >= 0.6 is 23.1 Å². The zero-order valence-corrected chi connectivity index (χ0v) is 20.7. The summed E-state index contributed by atoms with van der Waals surface area (Å²) in [6, 6.07) is 16.7. The highest BCUT2D eigenvalue weighted by molar-refractivity contribution is 8.00. The van der Waals surface area contributed by atoms with Crippen molar-refractivity contribution in [3.8, 4) is 0 Å². The number of benzene rings is 2. The molecular weight excluding hydrogens is 468 g/mol. The first kappa shape index (κ1) is 24.0. The first-order valence-corrected chi connectivity index (χ1v) is 12.9. The van der Waals surface area contributed by atoms with Crippen LogP contribution in [0.15, 0.2) is 64.9 Å². The minimum Gasteiger partial charge on any atom is -0.478 e. The summed E-state index contributed by atoms with van der Waals surface area (Å²) in [5, 5.41) is 11.5. The maximum atomic E-state index is 13.2. The first-order chi connectivity index (χ1) is 16.3. The van der Waals surface area contributed by atoms with Gasteiger partial charge in [0.05, 0.1) is 22.7 Å². The zero-order valence-electron chi connectivity index (χ0n) is 19.1. The lowest BCUT2D eigenvalue weighted by molar-refractivity contribution is -0.121. The van der Waals surface area contributed by atoms with E-state index in [4.69, 9.17) is 0 Å². The predicted octanol–water partition coefficient (Wildman–Crippen LogP) is 5.28. The Kier molecular flexibility index (Phi) is 7.38. The second kappa shape index (κ2) is 10.4. The van der Waals surface area contributed by atoms with Crippen LogP contribution < -0.4 is 9.80 Å². The molecule has 8 heteroatoms. The summed E-state index contributed by atoms with van der Waals surface area (Å²) < 4.78 is 0. The van der Waals surface area contributed by atoms with Gasteiger partial charge in [-0.3, -0.25) is 9.59 Å². The molecule has 3 aromatic rings. The molecule has 1 aliphatic heterocycles. The largest absolute Gasteiger partial charge is 0.478 e. The number of carbonyl (C=O) groups is 3. The highest BCUT2D eigenvalue weighted by Crippen LogP contribution is 2.36. The van der Waals surface area contributed by atoms with E-state index in [9.17, 15) is 19.5 Å². The topological polar surface area (TPSA) is 77.9 Å². The number of thioether (sulfide) groups is 1. The Hall–Kier alpha value is -3.10. The van der Waals surface area contributed by atoms with E-state index in [1.165, 1.54) is 34.4 Å². The van der Waals surface area contributed by atoms with Gasteiger partial charge in [-0.15, -0.1) is 23.1 Å². The Balaban J connectivity index is 1.54. The van der Waals surface area contributed by atoms with Crippen molar-refractivity contribution in [3.05, 3.63) is 76.0 Å². The summed E-state index contributed by atoms with van der Waals surface area (Å²) >= 11 is 3.04. The van der Waals surface area contributed by atoms with Crippen molar-refractivity contribution in [2.75, 3.05) is 28.6 Å². The number of nitrogens with zero attached hydrogens (tertiary/aromatic N) is 2. The monoisotopic (exact) mass is 494 g/mol. The fourth-order valence-electron chi connectivity index (χ4n) is 3.86. The molecule has 176 valence electrons. The van der Waals surface area contributed by atoms with Crippen molar-refractivity contribution >= 4 is 52.3 Å². The highest BCUT2D eigenvalue weighted by atomic mass is 32.2. The minimum absolute atomic E-state index is 0.0843. The standard InChI is InChI=1S/C26H26N2O4S2/c1-17(2)18-5-8-21(9-6-18)34-16-25(30)28-15-24(29)27(12-11-20-4-3-13-33-20)22-10-7-19(26(31)32)14-23(22)28/h3-10,13-14,17H,11-12,15-16H2,1-2H3,(H,31,32). The smallest absolute Gasteiger partial charge is 0.335 e. The van der Waals surface area contributed by atoms with Gasteiger partial charge in [0.15, 0.2) is 0 Å². The Morgan fingerprint density at radius 2 is 1.85 bits per heavy atom. The molecule has 2 heterocycles. The third kappa shape index (κ3) is 5.34. The minimum atomic E-state index is -1.07. The molecule has 0 aliphatic carbocycles. The molecule has 34 heavy (non-hydrogen) atoms. The van der Waals surface area contributed by atoms with Crippen molar-refractivity contribution in [2.45, 2.75) is 31.1 Å². The van der Waals surface area contributed by atoms with Gasteiger partial charge in [0, 0.05) is 16.3 Å². The van der Waals surface area contributed by atoms with E-state index in [1.54, 1.807) is 22.3 Å². The maximum absolute atomic E-state index is 13.2. The molecule has 0 radical (unpaired) electrons. The molecule has 1 aromatic heterocycles. The molecule has 4 rings (SSSR count). The molecule has 1 N–H and O–H groups in total.